The van der Waals surface area contributed by atoms with Gasteiger partial charge in [-0.1, -0.05) is 11.6 Å². The summed E-state index contributed by atoms with van der Waals surface area (Å²) in [5.41, 5.74) is 2.66. The van der Waals surface area contributed by atoms with E-state index in [1.807, 2.05) is 0 Å². The average Bonchev–Trinajstić information content (AvgIpc) is 3.04. The lowest BCUT2D eigenvalue weighted by Crippen LogP contribution is -2.17. The van der Waals surface area contributed by atoms with E-state index < -0.39 is 51.4 Å². The molecule has 27 heavy (non-hydrogen) atoms. The van der Waals surface area contributed by atoms with E-state index in [0.717, 1.165) is 0 Å². The van der Waals surface area contributed by atoms with Crippen molar-refractivity contribution in [2.75, 3.05) is 0 Å². The van der Waals surface area contributed by atoms with Crippen LogP contribution in [0.1, 0.15) is 33.5 Å². The minimum absolute atomic E-state index is 0.0242. The van der Waals surface area contributed by atoms with Gasteiger partial charge in [-0.15, -0.1) is 0 Å². The van der Waals surface area contributed by atoms with Gasteiger partial charge in [0.05, 0.1) is 10.6 Å². The summed E-state index contributed by atoms with van der Waals surface area (Å²) in [4.78, 5) is 11.5. The first-order valence-corrected chi connectivity index (χ1v) is 7.96. The number of primary amides is 1. The van der Waals surface area contributed by atoms with Crippen molar-refractivity contribution in [1.29, 1.82) is 0 Å². The van der Waals surface area contributed by atoms with E-state index in [4.69, 9.17) is 22.1 Å². The van der Waals surface area contributed by atoms with Crippen molar-refractivity contribution in [3.63, 3.8) is 0 Å². The summed E-state index contributed by atoms with van der Waals surface area (Å²) in [6.45, 7) is 0. The molecular formula is C17H10ClF6NO2. The van der Waals surface area contributed by atoms with E-state index in [1.165, 1.54) is 0 Å². The van der Waals surface area contributed by atoms with Crippen molar-refractivity contribution in [3.05, 3.63) is 56.9 Å². The molecule has 10 heteroatoms. The van der Waals surface area contributed by atoms with Gasteiger partial charge in [-0.25, -0.2) is 13.2 Å². The molecular weight excluding hydrogens is 400 g/mol. The van der Waals surface area contributed by atoms with Gasteiger partial charge in [0.25, 0.3) is 5.91 Å². The molecule has 0 aromatic heterocycles. The third-order valence-electron chi connectivity index (χ3n) is 4.19. The predicted molar refractivity (Wildman–Crippen MR) is 83.4 cm³/mol. The maximum atomic E-state index is 14.3. The molecule has 3 rings (SSSR count). The van der Waals surface area contributed by atoms with Crippen molar-refractivity contribution in [1.82, 2.24) is 0 Å². The second-order valence-corrected chi connectivity index (χ2v) is 6.25. The second kappa shape index (κ2) is 6.63. The van der Waals surface area contributed by atoms with Crippen LogP contribution in [-0.2, 0) is 19.0 Å². The summed E-state index contributed by atoms with van der Waals surface area (Å²) in [6.07, 6.45) is -4.10. The number of fused-ring (bicyclic) bond motifs is 1. The van der Waals surface area contributed by atoms with Crippen LogP contribution >= 0.6 is 11.6 Å². The SMILES string of the molecule is NC(=O)c1c(Oc2cc(F)c(F)c3c2CCC3)cc(C(F)(F)F)c(Cl)c1F. The van der Waals surface area contributed by atoms with Crippen LogP contribution in [0.3, 0.4) is 0 Å². The largest absolute Gasteiger partial charge is 0.456 e. The highest BCUT2D eigenvalue weighted by Gasteiger charge is 2.38. The Balaban J connectivity index is 2.21. The Hall–Kier alpha value is -2.42. The van der Waals surface area contributed by atoms with Crippen molar-refractivity contribution >= 4 is 17.5 Å². The van der Waals surface area contributed by atoms with Gasteiger partial charge in [-0.3, -0.25) is 4.79 Å². The Labute approximate surface area is 153 Å². The van der Waals surface area contributed by atoms with Gasteiger partial charge >= 0.3 is 6.18 Å². The topological polar surface area (TPSA) is 52.3 Å². The third kappa shape index (κ3) is 3.31. The smallest absolute Gasteiger partial charge is 0.418 e. The molecule has 0 atom stereocenters. The first-order chi connectivity index (χ1) is 12.5. The van der Waals surface area contributed by atoms with Gasteiger partial charge in [0, 0.05) is 11.6 Å². The lowest BCUT2D eigenvalue weighted by atomic mass is 10.1. The number of rotatable bonds is 3. The second-order valence-electron chi connectivity index (χ2n) is 5.87. The fraction of sp³-hybridized carbons (Fsp3) is 0.235. The Kier molecular flexibility index (Phi) is 4.75. The Bertz CT molecular complexity index is 958. The number of alkyl halides is 3. The Morgan fingerprint density at radius 3 is 2.26 bits per heavy atom. The zero-order valence-corrected chi connectivity index (χ0v) is 14.1. The van der Waals surface area contributed by atoms with E-state index in [9.17, 15) is 31.1 Å². The zero-order chi connectivity index (χ0) is 20.1. The summed E-state index contributed by atoms with van der Waals surface area (Å²) >= 11 is 5.37. The molecule has 0 unspecified atom stereocenters. The van der Waals surface area contributed by atoms with Gasteiger partial charge in [0.2, 0.25) is 0 Å². The molecule has 0 saturated heterocycles. The standard InChI is InChI=1S/C17H10ClF6NO2/c18-13-8(17(22,23)24)4-11(12(15(13)21)16(25)26)27-10-5-9(19)14(20)7-3-1-2-6(7)10/h4-5H,1-3H2,(H2,25,26). The maximum absolute atomic E-state index is 14.3. The highest BCUT2D eigenvalue weighted by Crippen LogP contribution is 2.43. The molecule has 0 spiro atoms. The number of benzene rings is 2. The van der Waals surface area contributed by atoms with Crippen LogP contribution in [0.2, 0.25) is 5.02 Å². The summed E-state index contributed by atoms with van der Waals surface area (Å²) in [6, 6.07) is 0.929. The summed E-state index contributed by atoms with van der Waals surface area (Å²) in [7, 11) is 0. The molecule has 144 valence electrons. The van der Waals surface area contributed by atoms with Crippen LogP contribution in [0.5, 0.6) is 11.5 Å². The molecule has 3 nitrogen and oxygen atoms in total. The number of amides is 1. The number of halogens is 7. The van der Waals surface area contributed by atoms with Gasteiger partial charge in [0.1, 0.15) is 17.1 Å². The van der Waals surface area contributed by atoms with E-state index in [1.54, 1.807) is 0 Å². The number of hydrogen-bond acceptors (Lipinski definition) is 2. The van der Waals surface area contributed by atoms with E-state index in [-0.39, 0.29) is 29.7 Å². The van der Waals surface area contributed by atoms with Gasteiger partial charge in [-0.2, -0.15) is 13.2 Å². The molecule has 1 aliphatic carbocycles. The maximum Gasteiger partial charge on any atom is 0.418 e. The highest BCUT2D eigenvalue weighted by molar-refractivity contribution is 6.32. The average molecular weight is 410 g/mol. The first-order valence-electron chi connectivity index (χ1n) is 7.59. The molecule has 2 aromatic carbocycles. The first kappa shape index (κ1) is 19.3. The van der Waals surface area contributed by atoms with Gasteiger partial charge < -0.3 is 10.5 Å². The molecule has 2 aromatic rings. The lowest BCUT2D eigenvalue weighted by Gasteiger charge is -2.17. The minimum atomic E-state index is -5.05. The van der Waals surface area contributed by atoms with Crippen LogP contribution in [0, 0.1) is 17.5 Å². The van der Waals surface area contributed by atoms with Gasteiger partial charge in [0.15, 0.2) is 17.5 Å². The highest BCUT2D eigenvalue weighted by atomic mass is 35.5. The molecule has 0 fully saturated rings. The molecule has 0 bridgehead atoms. The molecule has 0 saturated carbocycles. The third-order valence-corrected chi connectivity index (χ3v) is 4.56. The van der Waals surface area contributed by atoms with Crippen LogP contribution in [0.15, 0.2) is 12.1 Å². The summed E-state index contributed by atoms with van der Waals surface area (Å²) in [5, 5.41) is -1.35. The number of ether oxygens (including phenoxy) is 1. The van der Waals surface area contributed by atoms with Crippen LogP contribution < -0.4 is 10.5 Å². The quantitative estimate of drug-likeness (QED) is 0.712. The van der Waals surface area contributed by atoms with Crippen molar-refractivity contribution in [2.45, 2.75) is 25.4 Å². The van der Waals surface area contributed by atoms with Crippen molar-refractivity contribution < 1.29 is 35.9 Å². The van der Waals surface area contributed by atoms with Crippen LogP contribution in [0.25, 0.3) is 0 Å². The summed E-state index contributed by atoms with van der Waals surface area (Å²) in [5.74, 6) is -6.72. The number of nitrogens with two attached hydrogens (primary N) is 1. The van der Waals surface area contributed by atoms with Crippen LogP contribution in [-0.4, -0.2) is 5.91 Å². The zero-order valence-electron chi connectivity index (χ0n) is 13.3. The normalized spacial score (nSPS) is 13.6. The number of carbonyl (C=O) groups is 1. The number of carbonyl (C=O) groups excluding carboxylic acids is 1. The number of hydrogen-bond donors (Lipinski definition) is 1. The van der Waals surface area contributed by atoms with Crippen molar-refractivity contribution in [3.8, 4) is 11.5 Å². The van der Waals surface area contributed by atoms with Crippen molar-refractivity contribution in [2.24, 2.45) is 5.73 Å². The Morgan fingerprint density at radius 1 is 1.04 bits per heavy atom. The molecule has 2 N–H and O–H groups in total. The molecule has 0 aliphatic heterocycles. The molecule has 0 radical (unpaired) electrons. The lowest BCUT2D eigenvalue weighted by molar-refractivity contribution is -0.137. The summed E-state index contributed by atoms with van der Waals surface area (Å²) < 4.78 is 86.4. The van der Waals surface area contributed by atoms with E-state index in [0.29, 0.717) is 18.6 Å². The van der Waals surface area contributed by atoms with Gasteiger partial charge in [-0.05, 0) is 30.9 Å². The molecule has 0 heterocycles. The van der Waals surface area contributed by atoms with E-state index >= 15 is 0 Å². The minimum Gasteiger partial charge on any atom is -0.456 e. The molecule has 1 aliphatic rings. The Morgan fingerprint density at radius 2 is 1.67 bits per heavy atom. The fourth-order valence-corrected chi connectivity index (χ4v) is 3.25. The van der Waals surface area contributed by atoms with Crippen LogP contribution in [0.4, 0.5) is 26.3 Å². The van der Waals surface area contributed by atoms with E-state index in [2.05, 4.69) is 0 Å². The predicted octanol–water partition coefficient (Wildman–Crippen LogP) is 5.16. The molecule has 1 amide bonds. The fourth-order valence-electron chi connectivity index (χ4n) is 3.00. The monoisotopic (exact) mass is 409 g/mol.